The zero-order chi connectivity index (χ0) is 15.9. The van der Waals surface area contributed by atoms with Gasteiger partial charge in [0.05, 0.1) is 6.20 Å². The average Bonchev–Trinajstić information content (AvgIpc) is 3.28. The zero-order valence-corrected chi connectivity index (χ0v) is 13.4. The lowest BCUT2D eigenvalue weighted by molar-refractivity contribution is -0.121. The van der Waals surface area contributed by atoms with Crippen LogP contribution in [0.4, 0.5) is 0 Å². The van der Waals surface area contributed by atoms with Crippen molar-refractivity contribution >= 4 is 5.91 Å². The predicted octanol–water partition coefficient (Wildman–Crippen LogP) is 3.70. The molecule has 0 bridgehead atoms. The maximum atomic E-state index is 12.1. The molecule has 1 aromatic heterocycles. The van der Waals surface area contributed by atoms with Gasteiger partial charge < -0.3 is 9.84 Å². The predicted molar refractivity (Wildman–Crippen MR) is 89.0 cm³/mol. The highest BCUT2D eigenvalue weighted by Gasteiger charge is 2.26. The molecule has 0 aliphatic heterocycles. The zero-order valence-electron chi connectivity index (χ0n) is 13.4. The van der Waals surface area contributed by atoms with E-state index < -0.39 is 0 Å². The second kappa shape index (κ2) is 7.95. The van der Waals surface area contributed by atoms with Gasteiger partial charge in [0, 0.05) is 31.4 Å². The standard InChI is InChI=1S/C19H24N2O2/c22-19(11-10-17-12-13-21-23-17)20-14-18(16-8-4-5-9-16)15-6-2-1-3-7-15/h1-3,6-7,12-13,16,18H,4-5,8-11,14H2,(H,20,22)/t18-/m1/s1. The van der Waals surface area contributed by atoms with Crippen LogP contribution in [-0.4, -0.2) is 17.6 Å². The molecule has 23 heavy (non-hydrogen) atoms. The van der Waals surface area contributed by atoms with Crippen molar-refractivity contribution in [2.75, 3.05) is 6.54 Å². The number of nitrogens with zero attached hydrogens (tertiary/aromatic N) is 1. The lowest BCUT2D eigenvalue weighted by Gasteiger charge is -2.24. The second-order valence-corrected chi connectivity index (χ2v) is 6.34. The van der Waals surface area contributed by atoms with Crippen molar-refractivity contribution in [3.05, 3.63) is 53.9 Å². The molecule has 3 rings (SSSR count). The van der Waals surface area contributed by atoms with Crippen LogP contribution >= 0.6 is 0 Å². The summed E-state index contributed by atoms with van der Waals surface area (Å²) >= 11 is 0. The first-order chi connectivity index (χ1) is 11.3. The molecule has 1 aliphatic carbocycles. The fraction of sp³-hybridized carbons (Fsp3) is 0.474. The monoisotopic (exact) mass is 312 g/mol. The van der Waals surface area contributed by atoms with Crippen LogP contribution in [0, 0.1) is 5.92 Å². The SMILES string of the molecule is O=C(CCc1ccno1)NC[C@H](c1ccccc1)C1CCCC1. The number of nitrogens with one attached hydrogen (secondary N) is 1. The molecule has 1 saturated carbocycles. The molecule has 0 spiro atoms. The molecule has 0 unspecified atom stereocenters. The number of benzene rings is 1. The number of carbonyl (C=O) groups is 1. The summed E-state index contributed by atoms with van der Waals surface area (Å²) in [4.78, 5) is 12.1. The summed E-state index contributed by atoms with van der Waals surface area (Å²) in [5, 5.41) is 6.78. The summed E-state index contributed by atoms with van der Waals surface area (Å²) in [5.41, 5.74) is 1.34. The van der Waals surface area contributed by atoms with E-state index in [0.717, 1.165) is 12.3 Å². The van der Waals surface area contributed by atoms with Gasteiger partial charge >= 0.3 is 0 Å². The van der Waals surface area contributed by atoms with E-state index in [9.17, 15) is 4.79 Å². The minimum absolute atomic E-state index is 0.0836. The smallest absolute Gasteiger partial charge is 0.220 e. The topological polar surface area (TPSA) is 55.1 Å². The van der Waals surface area contributed by atoms with E-state index in [1.165, 1.54) is 31.2 Å². The van der Waals surface area contributed by atoms with E-state index in [4.69, 9.17) is 4.52 Å². The molecular weight excluding hydrogens is 288 g/mol. The van der Waals surface area contributed by atoms with Crippen molar-refractivity contribution in [3.63, 3.8) is 0 Å². The van der Waals surface area contributed by atoms with Crippen molar-refractivity contribution in [3.8, 4) is 0 Å². The van der Waals surface area contributed by atoms with E-state index in [-0.39, 0.29) is 5.91 Å². The lowest BCUT2D eigenvalue weighted by Crippen LogP contribution is -2.31. The van der Waals surface area contributed by atoms with Gasteiger partial charge in [-0.05, 0) is 24.3 Å². The molecular formula is C19H24N2O2. The molecule has 4 heteroatoms. The molecule has 0 radical (unpaired) electrons. The summed E-state index contributed by atoms with van der Waals surface area (Å²) in [6, 6.07) is 12.4. The number of rotatable bonds is 7. The Balaban J connectivity index is 1.54. The molecule has 1 fully saturated rings. The number of hydrogen-bond acceptors (Lipinski definition) is 3. The van der Waals surface area contributed by atoms with Gasteiger partial charge in [0.15, 0.2) is 0 Å². The Hall–Kier alpha value is -2.10. The highest BCUT2D eigenvalue weighted by molar-refractivity contribution is 5.76. The van der Waals surface area contributed by atoms with Crippen molar-refractivity contribution in [1.29, 1.82) is 0 Å². The summed E-state index contributed by atoms with van der Waals surface area (Å²) in [6.45, 7) is 0.726. The molecule has 1 N–H and O–H groups in total. The van der Waals surface area contributed by atoms with Crippen LogP contribution in [0.15, 0.2) is 47.1 Å². The molecule has 1 heterocycles. The largest absolute Gasteiger partial charge is 0.361 e. The van der Waals surface area contributed by atoms with E-state index in [1.807, 2.05) is 6.07 Å². The quantitative estimate of drug-likeness (QED) is 0.848. The van der Waals surface area contributed by atoms with Crippen molar-refractivity contribution in [2.24, 2.45) is 5.92 Å². The molecule has 2 aromatic rings. The van der Waals surface area contributed by atoms with Crippen molar-refractivity contribution in [2.45, 2.75) is 44.4 Å². The van der Waals surface area contributed by atoms with Gasteiger partial charge in [-0.3, -0.25) is 4.79 Å². The first-order valence-corrected chi connectivity index (χ1v) is 8.54. The van der Waals surface area contributed by atoms with Crippen molar-refractivity contribution < 1.29 is 9.32 Å². The van der Waals surface area contributed by atoms with Crippen molar-refractivity contribution in [1.82, 2.24) is 10.5 Å². The minimum atomic E-state index is 0.0836. The van der Waals surface area contributed by atoms with E-state index in [1.54, 1.807) is 12.3 Å². The maximum Gasteiger partial charge on any atom is 0.220 e. The molecule has 1 aliphatic rings. The Bertz CT molecular complexity index is 589. The molecule has 4 nitrogen and oxygen atoms in total. The number of carbonyl (C=O) groups excluding carboxylic acids is 1. The van der Waals surface area contributed by atoms with Crippen LogP contribution in [0.25, 0.3) is 0 Å². The summed E-state index contributed by atoms with van der Waals surface area (Å²) in [7, 11) is 0. The Morgan fingerprint density at radius 1 is 1.22 bits per heavy atom. The Labute approximate surface area is 137 Å². The van der Waals surface area contributed by atoms with E-state index in [2.05, 4.69) is 34.7 Å². The Morgan fingerprint density at radius 3 is 2.70 bits per heavy atom. The number of amides is 1. The first kappa shape index (κ1) is 15.8. The third kappa shape index (κ3) is 4.44. The van der Waals surface area contributed by atoms with Gasteiger partial charge in [-0.15, -0.1) is 0 Å². The van der Waals surface area contributed by atoms with Crippen LogP contribution in [0.1, 0.15) is 49.3 Å². The lowest BCUT2D eigenvalue weighted by atomic mass is 9.85. The maximum absolute atomic E-state index is 12.1. The molecule has 1 aromatic carbocycles. The Kier molecular flexibility index (Phi) is 5.46. The average molecular weight is 312 g/mol. The molecule has 1 atom stereocenters. The van der Waals surface area contributed by atoms with Gasteiger partial charge in [0.25, 0.3) is 0 Å². The molecule has 122 valence electrons. The normalized spacial score (nSPS) is 16.3. The van der Waals surface area contributed by atoms with E-state index in [0.29, 0.717) is 24.7 Å². The van der Waals surface area contributed by atoms with Crippen LogP contribution in [0.5, 0.6) is 0 Å². The fourth-order valence-electron chi connectivity index (χ4n) is 3.54. The summed E-state index contributed by atoms with van der Waals surface area (Å²) in [6.07, 6.45) is 7.83. The number of aryl methyl sites for hydroxylation is 1. The van der Waals surface area contributed by atoms with Gasteiger partial charge in [0.2, 0.25) is 5.91 Å². The number of aromatic nitrogens is 1. The second-order valence-electron chi connectivity index (χ2n) is 6.34. The van der Waals surface area contributed by atoms with Gasteiger partial charge in [-0.1, -0.05) is 48.3 Å². The van der Waals surface area contributed by atoms with Crippen LogP contribution in [-0.2, 0) is 11.2 Å². The van der Waals surface area contributed by atoms with Gasteiger partial charge in [-0.25, -0.2) is 0 Å². The highest BCUT2D eigenvalue weighted by atomic mass is 16.5. The highest BCUT2D eigenvalue weighted by Crippen LogP contribution is 2.36. The minimum Gasteiger partial charge on any atom is -0.361 e. The van der Waals surface area contributed by atoms with Crippen LogP contribution < -0.4 is 5.32 Å². The van der Waals surface area contributed by atoms with Gasteiger partial charge in [-0.2, -0.15) is 0 Å². The first-order valence-electron chi connectivity index (χ1n) is 8.54. The molecule has 1 amide bonds. The molecule has 0 saturated heterocycles. The van der Waals surface area contributed by atoms with Crippen LogP contribution in [0.2, 0.25) is 0 Å². The third-order valence-electron chi connectivity index (χ3n) is 4.81. The fourth-order valence-corrected chi connectivity index (χ4v) is 3.54. The van der Waals surface area contributed by atoms with E-state index >= 15 is 0 Å². The van der Waals surface area contributed by atoms with Crippen LogP contribution in [0.3, 0.4) is 0 Å². The Morgan fingerprint density at radius 2 is 2.00 bits per heavy atom. The summed E-state index contributed by atoms with van der Waals surface area (Å²) in [5.74, 6) is 1.95. The summed E-state index contributed by atoms with van der Waals surface area (Å²) < 4.78 is 5.03. The number of hydrogen-bond donors (Lipinski definition) is 1. The third-order valence-corrected chi connectivity index (χ3v) is 4.81. The van der Waals surface area contributed by atoms with Gasteiger partial charge in [0.1, 0.15) is 5.76 Å².